The molecule has 0 amide bonds. The largest absolute Gasteiger partial charge is 0.481 e. The third-order valence-corrected chi connectivity index (χ3v) is 10.2. The maximum Gasteiger partial charge on any atom is 0.303 e. The lowest BCUT2D eigenvalue weighted by Crippen LogP contribution is -2.75. The summed E-state index contributed by atoms with van der Waals surface area (Å²) in [6.07, 6.45) is -3.22. The van der Waals surface area contributed by atoms with Crippen molar-refractivity contribution in [2.75, 3.05) is 5.88 Å². The quantitative estimate of drug-likeness (QED) is 0.369. The van der Waals surface area contributed by atoms with Crippen molar-refractivity contribution in [3.05, 3.63) is 12.2 Å². The SMILES string of the molecule is C=C1C[C@H]2[C@@H]3[C@H](O)[C@@H](F)[C@@]4(O)C[C@@H](CC(=O)O)CC(O)[C@]4(C)[C@H]3CC[C@]2(C)[C@H]1C(=O)CCl. The van der Waals surface area contributed by atoms with Crippen molar-refractivity contribution in [3.8, 4) is 0 Å². The molecule has 8 heteroatoms. The number of halogens is 2. The maximum absolute atomic E-state index is 15.9. The van der Waals surface area contributed by atoms with Gasteiger partial charge in [0, 0.05) is 17.8 Å². The standard InChI is InChI=1S/C24H34ClFO6/c1-11-6-14-18-13(4-5-22(14,2)19(11)15(27)10-25)23(3)16(28)7-12(8-17(29)30)9-24(23,32)21(26)20(18)31/h12-14,16,18-21,28,31-32H,1,4-10H2,2-3H3,(H,29,30)/t12-,13+,14+,16?,18-,19-,20+,21-,22+,23+,24+/m1/s1. The fourth-order valence-corrected chi connectivity index (χ4v) is 8.61. The third kappa shape index (κ3) is 3.00. The molecule has 4 rings (SSSR count). The van der Waals surface area contributed by atoms with Crippen molar-refractivity contribution in [2.24, 2.45) is 40.4 Å². The zero-order chi connectivity index (χ0) is 23.8. The van der Waals surface area contributed by atoms with Crippen molar-refractivity contribution in [1.29, 1.82) is 0 Å². The van der Waals surface area contributed by atoms with Crippen molar-refractivity contribution in [1.82, 2.24) is 0 Å². The minimum absolute atomic E-state index is 0.112. The van der Waals surface area contributed by atoms with E-state index in [-0.39, 0.29) is 42.8 Å². The molecule has 0 aromatic rings. The summed E-state index contributed by atoms with van der Waals surface area (Å²) in [5.74, 6) is -3.46. The summed E-state index contributed by atoms with van der Waals surface area (Å²) in [6.45, 7) is 7.79. The number of alkyl halides is 2. The average Bonchev–Trinajstić information content (AvgIpc) is 2.98. The van der Waals surface area contributed by atoms with E-state index in [1.807, 2.05) is 6.92 Å². The highest BCUT2D eigenvalue weighted by molar-refractivity contribution is 6.28. The van der Waals surface area contributed by atoms with E-state index in [1.165, 1.54) is 0 Å². The summed E-state index contributed by atoms with van der Waals surface area (Å²) in [5.41, 5.74) is -3.02. The molecule has 0 aliphatic heterocycles. The highest BCUT2D eigenvalue weighted by atomic mass is 35.5. The number of hydrogen-bond donors (Lipinski definition) is 4. The van der Waals surface area contributed by atoms with E-state index in [9.17, 15) is 30.0 Å². The molecule has 0 bridgehead atoms. The molecule has 11 atom stereocenters. The molecule has 4 aliphatic carbocycles. The molecule has 0 aromatic heterocycles. The summed E-state index contributed by atoms with van der Waals surface area (Å²) in [5, 5.41) is 43.2. The summed E-state index contributed by atoms with van der Waals surface area (Å²) in [4.78, 5) is 23.9. The number of ketones is 1. The zero-order valence-corrected chi connectivity index (χ0v) is 19.4. The number of carbonyl (C=O) groups excluding carboxylic acids is 1. The van der Waals surface area contributed by atoms with E-state index in [0.717, 1.165) is 5.57 Å². The molecule has 4 saturated carbocycles. The number of rotatable bonds is 4. The van der Waals surface area contributed by atoms with Crippen LogP contribution in [0.2, 0.25) is 0 Å². The number of fused-ring (bicyclic) bond motifs is 5. The summed E-state index contributed by atoms with van der Waals surface area (Å²) in [7, 11) is 0. The second kappa shape index (κ2) is 7.76. The molecular weight excluding hydrogens is 439 g/mol. The van der Waals surface area contributed by atoms with Gasteiger partial charge in [-0.1, -0.05) is 26.0 Å². The van der Waals surface area contributed by atoms with Crippen LogP contribution in [-0.4, -0.2) is 62.0 Å². The summed E-state index contributed by atoms with van der Waals surface area (Å²) >= 11 is 5.87. The highest BCUT2D eigenvalue weighted by Crippen LogP contribution is 2.69. The van der Waals surface area contributed by atoms with Crippen LogP contribution in [0.4, 0.5) is 4.39 Å². The first kappa shape index (κ1) is 24.1. The third-order valence-electron chi connectivity index (χ3n) is 9.94. The van der Waals surface area contributed by atoms with Crippen molar-refractivity contribution >= 4 is 23.4 Å². The Kier molecular flexibility index (Phi) is 5.84. The van der Waals surface area contributed by atoms with Gasteiger partial charge in [-0.3, -0.25) is 9.59 Å². The average molecular weight is 473 g/mol. The number of aliphatic hydroxyl groups excluding tert-OH is 2. The van der Waals surface area contributed by atoms with Crippen LogP contribution >= 0.6 is 11.6 Å². The molecular formula is C24H34ClFO6. The number of carboxylic acid groups (broad SMARTS) is 1. The number of hydrogen-bond acceptors (Lipinski definition) is 5. The van der Waals surface area contributed by atoms with Gasteiger partial charge in [0.05, 0.1) is 18.1 Å². The lowest BCUT2D eigenvalue weighted by atomic mass is 9.40. The first-order chi connectivity index (χ1) is 14.8. The first-order valence-corrected chi connectivity index (χ1v) is 12.1. The van der Waals surface area contributed by atoms with Gasteiger partial charge < -0.3 is 20.4 Å². The van der Waals surface area contributed by atoms with Crippen LogP contribution in [0.25, 0.3) is 0 Å². The van der Waals surface area contributed by atoms with Crippen LogP contribution in [0, 0.1) is 40.4 Å². The van der Waals surface area contributed by atoms with Crippen LogP contribution in [0.15, 0.2) is 12.2 Å². The Morgan fingerprint density at radius 2 is 1.91 bits per heavy atom. The maximum atomic E-state index is 15.9. The van der Waals surface area contributed by atoms with Crippen LogP contribution < -0.4 is 0 Å². The number of allylic oxidation sites excluding steroid dienone is 1. The lowest BCUT2D eigenvalue weighted by molar-refractivity contribution is -0.304. The van der Waals surface area contributed by atoms with Gasteiger partial charge in [-0.2, -0.15) is 0 Å². The Labute approximate surface area is 192 Å². The normalized spacial score (nSPS) is 52.7. The monoisotopic (exact) mass is 472 g/mol. The second-order valence-electron chi connectivity index (χ2n) is 11.2. The molecule has 32 heavy (non-hydrogen) atoms. The van der Waals surface area contributed by atoms with E-state index >= 15 is 4.39 Å². The number of carboxylic acids is 1. The number of Topliss-reactive ketones (excluding diaryl/α,β-unsaturated/α-hetero) is 1. The predicted octanol–water partition coefficient (Wildman–Crippen LogP) is 2.71. The van der Waals surface area contributed by atoms with E-state index in [2.05, 4.69) is 6.58 Å². The van der Waals surface area contributed by atoms with Gasteiger partial charge in [0.2, 0.25) is 0 Å². The van der Waals surface area contributed by atoms with Crippen LogP contribution in [-0.2, 0) is 9.59 Å². The molecule has 1 unspecified atom stereocenters. The predicted molar refractivity (Wildman–Crippen MR) is 116 cm³/mol. The summed E-state index contributed by atoms with van der Waals surface area (Å²) in [6, 6.07) is 0. The van der Waals surface area contributed by atoms with E-state index in [4.69, 9.17) is 11.6 Å². The van der Waals surface area contributed by atoms with Crippen LogP contribution in [0.5, 0.6) is 0 Å². The smallest absolute Gasteiger partial charge is 0.303 e. The minimum atomic E-state index is -2.03. The van der Waals surface area contributed by atoms with Gasteiger partial charge in [-0.25, -0.2) is 4.39 Å². The van der Waals surface area contributed by atoms with Gasteiger partial charge >= 0.3 is 5.97 Å². The molecule has 180 valence electrons. The Balaban J connectivity index is 1.75. The van der Waals surface area contributed by atoms with Crippen LogP contribution in [0.3, 0.4) is 0 Å². The molecule has 4 N–H and O–H groups in total. The van der Waals surface area contributed by atoms with Crippen molar-refractivity contribution in [3.63, 3.8) is 0 Å². The molecule has 0 radical (unpaired) electrons. The Morgan fingerprint density at radius 1 is 1.25 bits per heavy atom. The topological polar surface area (TPSA) is 115 Å². The number of aliphatic carboxylic acids is 1. The second-order valence-corrected chi connectivity index (χ2v) is 11.5. The molecule has 0 spiro atoms. The van der Waals surface area contributed by atoms with Gasteiger partial charge in [-0.05, 0) is 61.2 Å². The van der Waals surface area contributed by atoms with Gasteiger partial charge in [-0.15, -0.1) is 11.6 Å². The summed E-state index contributed by atoms with van der Waals surface area (Å²) < 4.78 is 15.9. The van der Waals surface area contributed by atoms with Gasteiger partial charge in [0.15, 0.2) is 12.0 Å². The van der Waals surface area contributed by atoms with E-state index < -0.39 is 58.5 Å². The molecule has 4 aliphatic rings. The molecule has 0 heterocycles. The zero-order valence-electron chi connectivity index (χ0n) is 18.6. The fraction of sp³-hybridized carbons (Fsp3) is 0.833. The van der Waals surface area contributed by atoms with Gasteiger partial charge in [0.1, 0.15) is 5.60 Å². The highest BCUT2D eigenvalue weighted by Gasteiger charge is 2.73. The molecule has 6 nitrogen and oxygen atoms in total. The van der Waals surface area contributed by atoms with E-state index in [1.54, 1.807) is 6.92 Å². The van der Waals surface area contributed by atoms with Crippen LogP contribution in [0.1, 0.15) is 52.4 Å². The molecule has 0 aromatic carbocycles. The number of carbonyl (C=O) groups is 2. The Morgan fingerprint density at radius 3 is 2.50 bits per heavy atom. The lowest BCUT2D eigenvalue weighted by Gasteiger charge is -2.67. The first-order valence-electron chi connectivity index (χ1n) is 11.5. The Hall–Kier alpha value is -1.02. The fourth-order valence-electron chi connectivity index (χ4n) is 8.46. The minimum Gasteiger partial charge on any atom is -0.481 e. The van der Waals surface area contributed by atoms with Crippen molar-refractivity contribution in [2.45, 2.75) is 76.4 Å². The molecule has 4 fully saturated rings. The molecule has 0 saturated heterocycles. The Bertz CT molecular complexity index is 835. The van der Waals surface area contributed by atoms with Crippen molar-refractivity contribution < 1.29 is 34.4 Å². The van der Waals surface area contributed by atoms with E-state index in [0.29, 0.717) is 19.3 Å². The number of aliphatic hydroxyl groups is 3. The van der Waals surface area contributed by atoms with Gasteiger partial charge in [0.25, 0.3) is 0 Å².